The molecule has 1 unspecified atom stereocenters. The molecule has 0 saturated carbocycles. The number of rotatable bonds is 5. The summed E-state index contributed by atoms with van der Waals surface area (Å²) < 4.78 is 23.0. The summed E-state index contributed by atoms with van der Waals surface area (Å²) in [4.78, 5) is 4.22. The lowest BCUT2D eigenvalue weighted by Crippen LogP contribution is -2.20. The summed E-state index contributed by atoms with van der Waals surface area (Å²) in [6.07, 6.45) is 3.57. The van der Waals surface area contributed by atoms with E-state index in [1.807, 2.05) is 19.9 Å². The Morgan fingerprint density at radius 1 is 1.53 bits per heavy atom. The Kier molecular flexibility index (Phi) is 4.94. The third-order valence-corrected chi connectivity index (χ3v) is 4.17. The van der Waals surface area contributed by atoms with Crippen LogP contribution in [0.2, 0.25) is 0 Å². The summed E-state index contributed by atoms with van der Waals surface area (Å²) in [7, 11) is -2.89. The van der Waals surface area contributed by atoms with E-state index >= 15 is 0 Å². The van der Waals surface area contributed by atoms with Crippen molar-refractivity contribution in [3.63, 3.8) is 0 Å². The van der Waals surface area contributed by atoms with Gasteiger partial charge in [0.05, 0.1) is 5.75 Å². The van der Waals surface area contributed by atoms with E-state index in [1.165, 1.54) is 6.26 Å². The van der Waals surface area contributed by atoms with Gasteiger partial charge in [-0.1, -0.05) is 0 Å². The molecule has 1 aromatic heterocycles. The van der Waals surface area contributed by atoms with Crippen molar-refractivity contribution < 1.29 is 8.42 Å². The predicted molar refractivity (Wildman–Crippen MR) is 74.1 cm³/mol. The Hall–Kier alpha value is -0.620. The van der Waals surface area contributed by atoms with Crippen molar-refractivity contribution in [2.75, 3.05) is 17.3 Å². The second-order valence-electron chi connectivity index (χ2n) is 4.28. The van der Waals surface area contributed by atoms with Crippen molar-refractivity contribution in [3.05, 3.63) is 22.3 Å². The van der Waals surface area contributed by atoms with Gasteiger partial charge in [-0.3, -0.25) is 0 Å². The van der Waals surface area contributed by atoms with Gasteiger partial charge in [0.15, 0.2) is 0 Å². The van der Waals surface area contributed by atoms with E-state index in [1.54, 1.807) is 6.20 Å². The van der Waals surface area contributed by atoms with Crippen LogP contribution in [-0.4, -0.2) is 31.5 Å². The number of aryl methyl sites for hydroxylation is 1. The van der Waals surface area contributed by atoms with Crippen molar-refractivity contribution in [3.8, 4) is 0 Å². The molecule has 0 fully saturated rings. The number of anilines is 1. The van der Waals surface area contributed by atoms with Crippen LogP contribution in [0.4, 0.5) is 5.82 Å². The highest BCUT2D eigenvalue weighted by Gasteiger charge is 2.08. The topological polar surface area (TPSA) is 59.1 Å². The molecule has 0 saturated heterocycles. The van der Waals surface area contributed by atoms with Crippen molar-refractivity contribution in [1.29, 1.82) is 0 Å². The molecular formula is C11H17BrN2O2S. The monoisotopic (exact) mass is 320 g/mol. The van der Waals surface area contributed by atoms with E-state index in [0.717, 1.165) is 15.9 Å². The first-order valence-corrected chi connectivity index (χ1v) is 8.19. The molecule has 0 amide bonds. The molecule has 96 valence electrons. The highest BCUT2D eigenvalue weighted by atomic mass is 79.9. The molecule has 0 radical (unpaired) electrons. The first-order chi connectivity index (χ1) is 7.78. The second-order valence-corrected chi connectivity index (χ2v) is 7.40. The first-order valence-electron chi connectivity index (χ1n) is 5.34. The first kappa shape index (κ1) is 14.4. The largest absolute Gasteiger partial charge is 0.368 e. The molecule has 1 N–H and O–H groups in total. The number of hydrogen-bond acceptors (Lipinski definition) is 4. The minimum Gasteiger partial charge on any atom is -0.368 e. The van der Waals surface area contributed by atoms with Crippen LogP contribution < -0.4 is 5.32 Å². The van der Waals surface area contributed by atoms with Crippen molar-refractivity contribution in [1.82, 2.24) is 4.98 Å². The average molecular weight is 321 g/mol. The number of pyridine rings is 1. The Bertz CT molecular complexity index is 488. The summed E-state index contributed by atoms with van der Waals surface area (Å²) in [6.45, 7) is 3.93. The molecule has 1 rings (SSSR count). The molecule has 0 aliphatic heterocycles. The number of sulfone groups is 1. The van der Waals surface area contributed by atoms with Crippen LogP contribution in [0.1, 0.15) is 18.9 Å². The van der Waals surface area contributed by atoms with E-state index in [9.17, 15) is 8.42 Å². The third kappa shape index (κ3) is 5.50. The standard InChI is InChI=1S/C11H17BrN2O2S/c1-8-6-11(13-7-10(8)12)14-9(2)4-5-17(3,15)16/h6-7,9H,4-5H2,1-3H3,(H,13,14). The van der Waals surface area contributed by atoms with E-state index in [4.69, 9.17) is 0 Å². The van der Waals surface area contributed by atoms with Crippen LogP contribution in [0.25, 0.3) is 0 Å². The summed E-state index contributed by atoms with van der Waals surface area (Å²) >= 11 is 3.38. The normalized spacial score (nSPS) is 13.4. The maximum absolute atomic E-state index is 11.0. The van der Waals surface area contributed by atoms with Gasteiger partial charge in [-0.25, -0.2) is 13.4 Å². The Morgan fingerprint density at radius 2 is 2.18 bits per heavy atom. The lowest BCUT2D eigenvalue weighted by atomic mass is 10.2. The van der Waals surface area contributed by atoms with Crippen LogP contribution in [0.5, 0.6) is 0 Å². The molecular weight excluding hydrogens is 304 g/mol. The lowest BCUT2D eigenvalue weighted by molar-refractivity contribution is 0.595. The van der Waals surface area contributed by atoms with Crippen LogP contribution in [-0.2, 0) is 9.84 Å². The summed E-state index contributed by atoms with van der Waals surface area (Å²) in [5, 5.41) is 3.19. The van der Waals surface area contributed by atoms with Crippen LogP contribution in [0.3, 0.4) is 0 Å². The SMILES string of the molecule is Cc1cc(NC(C)CCS(C)(=O)=O)ncc1Br. The zero-order chi connectivity index (χ0) is 13.1. The molecule has 0 aliphatic rings. The van der Waals surface area contributed by atoms with Gasteiger partial charge >= 0.3 is 0 Å². The van der Waals surface area contributed by atoms with Crippen LogP contribution in [0, 0.1) is 6.92 Å². The molecule has 0 spiro atoms. The summed E-state index contributed by atoms with van der Waals surface area (Å²) in [6, 6.07) is 2.01. The van der Waals surface area contributed by atoms with Crippen molar-refractivity contribution >= 4 is 31.6 Å². The molecule has 1 heterocycles. The number of hydrogen-bond donors (Lipinski definition) is 1. The van der Waals surface area contributed by atoms with Gasteiger partial charge < -0.3 is 5.32 Å². The quantitative estimate of drug-likeness (QED) is 0.905. The van der Waals surface area contributed by atoms with E-state index < -0.39 is 9.84 Å². The van der Waals surface area contributed by atoms with Crippen LogP contribution in [0.15, 0.2) is 16.7 Å². The van der Waals surface area contributed by atoms with Crippen molar-refractivity contribution in [2.24, 2.45) is 0 Å². The van der Waals surface area contributed by atoms with Gasteiger partial charge in [-0.05, 0) is 47.8 Å². The van der Waals surface area contributed by atoms with Gasteiger partial charge in [-0.15, -0.1) is 0 Å². The van der Waals surface area contributed by atoms with Gasteiger partial charge in [0.25, 0.3) is 0 Å². The zero-order valence-corrected chi connectivity index (χ0v) is 12.6. The minimum absolute atomic E-state index is 0.0813. The fraction of sp³-hybridized carbons (Fsp3) is 0.545. The summed E-state index contributed by atoms with van der Waals surface area (Å²) in [5.41, 5.74) is 1.10. The fourth-order valence-corrected chi connectivity index (χ4v) is 2.33. The third-order valence-electron chi connectivity index (χ3n) is 2.36. The Balaban J connectivity index is 2.56. The molecule has 0 bridgehead atoms. The van der Waals surface area contributed by atoms with Gasteiger partial charge in [0.2, 0.25) is 0 Å². The fourth-order valence-electron chi connectivity index (χ4n) is 1.33. The highest BCUT2D eigenvalue weighted by molar-refractivity contribution is 9.10. The maximum Gasteiger partial charge on any atom is 0.147 e. The highest BCUT2D eigenvalue weighted by Crippen LogP contribution is 2.18. The second kappa shape index (κ2) is 5.82. The molecule has 0 aliphatic carbocycles. The van der Waals surface area contributed by atoms with E-state index in [-0.39, 0.29) is 11.8 Å². The predicted octanol–water partition coefficient (Wildman–Crippen LogP) is 2.39. The molecule has 1 atom stereocenters. The smallest absolute Gasteiger partial charge is 0.147 e. The van der Waals surface area contributed by atoms with Gasteiger partial charge in [-0.2, -0.15) is 0 Å². The molecule has 6 heteroatoms. The van der Waals surface area contributed by atoms with E-state index in [2.05, 4.69) is 26.2 Å². The van der Waals surface area contributed by atoms with Crippen LogP contribution >= 0.6 is 15.9 Å². The Morgan fingerprint density at radius 3 is 2.71 bits per heavy atom. The molecule has 17 heavy (non-hydrogen) atoms. The van der Waals surface area contributed by atoms with E-state index in [0.29, 0.717) is 6.42 Å². The molecule has 1 aromatic rings. The Labute approximate surface area is 111 Å². The number of nitrogens with one attached hydrogen (secondary N) is 1. The van der Waals surface area contributed by atoms with Crippen molar-refractivity contribution in [2.45, 2.75) is 26.3 Å². The summed E-state index contributed by atoms with van der Waals surface area (Å²) in [5.74, 6) is 0.961. The number of nitrogens with zero attached hydrogens (tertiary/aromatic N) is 1. The minimum atomic E-state index is -2.89. The maximum atomic E-state index is 11.0. The van der Waals surface area contributed by atoms with Gasteiger partial charge in [0.1, 0.15) is 15.7 Å². The number of halogens is 1. The molecule has 4 nitrogen and oxygen atoms in total. The zero-order valence-electron chi connectivity index (χ0n) is 10.2. The molecule has 0 aromatic carbocycles. The lowest BCUT2D eigenvalue weighted by Gasteiger charge is -2.14. The van der Waals surface area contributed by atoms with Gasteiger partial charge in [0, 0.05) is 23.0 Å². The number of aromatic nitrogens is 1. The average Bonchev–Trinajstić information content (AvgIpc) is 2.20.